The van der Waals surface area contributed by atoms with Crippen LogP contribution in [0.5, 0.6) is 0 Å². The first-order chi connectivity index (χ1) is 12.7. The zero-order valence-electron chi connectivity index (χ0n) is 14.2. The Bertz CT molecular complexity index is 937. The lowest BCUT2D eigenvalue weighted by Crippen LogP contribution is -2.27. The van der Waals surface area contributed by atoms with E-state index in [1.165, 1.54) is 23.1 Å². The van der Waals surface area contributed by atoms with E-state index < -0.39 is 0 Å². The van der Waals surface area contributed by atoms with Crippen molar-refractivity contribution in [3.63, 3.8) is 0 Å². The Labute approximate surface area is 159 Å². The van der Waals surface area contributed by atoms with Crippen LogP contribution in [-0.2, 0) is 10.5 Å². The van der Waals surface area contributed by atoms with Gasteiger partial charge in [-0.25, -0.2) is 4.98 Å². The molecular weight excluding hydrogens is 368 g/mol. The fourth-order valence-electron chi connectivity index (χ4n) is 2.51. The molecule has 0 saturated carbocycles. The SMILES string of the molecule is NCCCNC(=O)CSCc1nc2scc(-c3ccccc3)c2c(=O)[nH]1. The summed E-state index contributed by atoms with van der Waals surface area (Å²) >= 11 is 2.88. The Morgan fingerprint density at radius 2 is 2.12 bits per heavy atom. The molecule has 8 heteroatoms. The Morgan fingerprint density at radius 3 is 2.88 bits per heavy atom. The molecule has 26 heavy (non-hydrogen) atoms. The molecule has 0 atom stereocenters. The van der Waals surface area contributed by atoms with Gasteiger partial charge in [0.1, 0.15) is 10.7 Å². The highest BCUT2D eigenvalue weighted by molar-refractivity contribution is 7.99. The predicted octanol–water partition coefficient (Wildman–Crippen LogP) is 2.35. The van der Waals surface area contributed by atoms with Crippen LogP contribution in [0.2, 0.25) is 0 Å². The normalized spacial score (nSPS) is 11.0. The van der Waals surface area contributed by atoms with Crippen LogP contribution in [0.1, 0.15) is 12.2 Å². The molecule has 1 amide bonds. The number of benzene rings is 1. The average molecular weight is 389 g/mol. The number of H-pyrrole nitrogens is 1. The number of nitrogens with zero attached hydrogens (tertiary/aromatic N) is 1. The molecular formula is C18H20N4O2S2. The van der Waals surface area contributed by atoms with Crippen LogP contribution >= 0.6 is 23.1 Å². The van der Waals surface area contributed by atoms with Crippen LogP contribution in [0.15, 0.2) is 40.5 Å². The van der Waals surface area contributed by atoms with Crippen LogP contribution in [0.3, 0.4) is 0 Å². The van der Waals surface area contributed by atoms with Gasteiger partial charge in [-0.05, 0) is 18.5 Å². The van der Waals surface area contributed by atoms with Crippen LogP contribution in [0.25, 0.3) is 21.3 Å². The van der Waals surface area contributed by atoms with E-state index in [0.717, 1.165) is 22.4 Å². The van der Waals surface area contributed by atoms with E-state index in [2.05, 4.69) is 15.3 Å². The summed E-state index contributed by atoms with van der Waals surface area (Å²) in [4.78, 5) is 32.3. The van der Waals surface area contributed by atoms with Gasteiger partial charge in [-0.15, -0.1) is 23.1 Å². The zero-order chi connectivity index (χ0) is 18.4. The van der Waals surface area contributed by atoms with E-state index in [1.54, 1.807) is 0 Å². The smallest absolute Gasteiger partial charge is 0.260 e. The Hall–Kier alpha value is -2.16. The van der Waals surface area contributed by atoms with Gasteiger partial charge in [-0.2, -0.15) is 0 Å². The summed E-state index contributed by atoms with van der Waals surface area (Å²) in [6.07, 6.45) is 0.768. The first kappa shape index (κ1) is 18.6. The van der Waals surface area contributed by atoms with Gasteiger partial charge >= 0.3 is 0 Å². The molecule has 1 aromatic carbocycles. The van der Waals surface area contributed by atoms with Gasteiger partial charge in [-0.1, -0.05) is 30.3 Å². The van der Waals surface area contributed by atoms with Crippen LogP contribution < -0.4 is 16.6 Å². The summed E-state index contributed by atoms with van der Waals surface area (Å²) in [5.41, 5.74) is 7.15. The molecule has 4 N–H and O–H groups in total. The molecule has 0 bridgehead atoms. The molecule has 0 aliphatic carbocycles. The van der Waals surface area contributed by atoms with Gasteiger partial charge < -0.3 is 16.0 Å². The third-order valence-electron chi connectivity index (χ3n) is 3.75. The molecule has 2 heterocycles. The van der Waals surface area contributed by atoms with Crippen molar-refractivity contribution in [1.82, 2.24) is 15.3 Å². The van der Waals surface area contributed by atoms with Gasteiger partial charge in [0, 0.05) is 17.5 Å². The lowest BCUT2D eigenvalue weighted by Gasteiger charge is -2.04. The fraction of sp³-hybridized carbons (Fsp3) is 0.278. The minimum absolute atomic E-state index is 0.0330. The van der Waals surface area contributed by atoms with Crippen molar-refractivity contribution in [2.24, 2.45) is 5.73 Å². The monoisotopic (exact) mass is 388 g/mol. The number of rotatable bonds is 8. The van der Waals surface area contributed by atoms with Crippen molar-refractivity contribution in [2.75, 3.05) is 18.8 Å². The van der Waals surface area contributed by atoms with Gasteiger partial charge in [0.05, 0.1) is 16.9 Å². The van der Waals surface area contributed by atoms with E-state index >= 15 is 0 Å². The van der Waals surface area contributed by atoms with Gasteiger partial charge in [0.15, 0.2) is 0 Å². The highest BCUT2D eigenvalue weighted by Gasteiger charge is 2.13. The van der Waals surface area contributed by atoms with Gasteiger partial charge in [0.25, 0.3) is 5.56 Å². The maximum Gasteiger partial charge on any atom is 0.260 e. The standard InChI is InChI=1S/C18H20N4O2S2/c19-7-4-8-20-15(23)11-25-10-14-21-17(24)16-13(9-26-18(16)22-14)12-5-2-1-3-6-12/h1-3,5-6,9H,4,7-8,10-11,19H2,(H,20,23)(H,21,22,24). The van der Waals surface area contributed by atoms with Crippen molar-refractivity contribution < 1.29 is 4.79 Å². The maximum absolute atomic E-state index is 12.5. The molecule has 0 aliphatic heterocycles. The second-order valence-electron chi connectivity index (χ2n) is 5.69. The van der Waals surface area contributed by atoms with E-state index in [9.17, 15) is 9.59 Å². The number of aromatic nitrogens is 2. The Balaban J connectivity index is 1.68. The van der Waals surface area contributed by atoms with E-state index in [1.807, 2.05) is 35.7 Å². The number of thiophene rings is 1. The number of nitrogens with one attached hydrogen (secondary N) is 2. The van der Waals surface area contributed by atoms with Crippen molar-refractivity contribution in [3.8, 4) is 11.1 Å². The number of nitrogens with two attached hydrogens (primary N) is 1. The second-order valence-corrected chi connectivity index (χ2v) is 7.54. The number of fused-ring (bicyclic) bond motifs is 1. The quantitative estimate of drug-likeness (QED) is 0.514. The Morgan fingerprint density at radius 1 is 1.31 bits per heavy atom. The first-order valence-electron chi connectivity index (χ1n) is 8.29. The maximum atomic E-state index is 12.5. The van der Waals surface area contributed by atoms with Crippen LogP contribution in [-0.4, -0.2) is 34.7 Å². The molecule has 6 nitrogen and oxygen atoms in total. The van der Waals surface area contributed by atoms with E-state index in [0.29, 0.717) is 35.8 Å². The van der Waals surface area contributed by atoms with Gasteiger partial charge in [-0.3, -0.25) is 9.59 Å². The molecule has 0 spiro atoms. The van der Waals surface area contributed by atoms with E-state index in [-0.39, 0.29) is 11.5 Å². The second kappa shape index (κ2) is 8.98. The number of thioether (sulfide) groups is 1. The largest absolute Gasteiger partial charge is 0.355 e. The third-order valence-corrected chi connectivity index (χ3v) is 5.57. The summed E-state index contributed by atoms with van der Waals surface area (Å²) in [5, 5.41) is 5.38. The molecule has 0 saturated heterocycles. The van der Waals surface area contributed by atoms with Crippen LogP contribution in [0, 0.1) is 0 Å². The Kier molecular flexibility index (Phi) is 6.43. The number of hydrogen-bond donors (Lipinski definition) is 3. The summed E-state index contributed by atoms with van der Waals surface area (Å²) < 4.78 is 0. The highest BCUT2D eigenvalue weighted by atomic mass is 32.2. The fourth-order valence-corrected chi connectivity index (χ4v) is 4.20. The summed E-state index contributed by atoms with van der Waals surface area (Å²) in [6.45, 7) is 1.15. The number of carbonyl (C=O) groups is 1. The molecule has 2 aromatic heterocycles. The number of aromatic amines is 1. The van der Waals surface area contributed by atoms with E-state index in [4.69, 9.17) is 5.73 Å². The summed E-state index contributed by atoms with van der Waals surface area (Å²) in [7, 11) is 0. The molecule has 3 aromatic rings. The minimum Gasteiger partial charge on any atom is -0.355 e. The average Bonchev–Trinajstić information content (AvgIpc) is 3.07. The number of hydrogen-bond acceptors (Lipinski definition) is 6. The highest BCUT2D eigenvalue weighted by Crippen LogP contribution is 2.30. The minimum atomic E-state index is -0.141. The lowest BCUT2D eigenvalue weighted by molar-refractivity contribution is -0.118. The van der Waals surface area contributed by atoms with Crippen molar-refractivity contribution in [3.05, 3.63) is 51.9 Å². The molecule has 0 aliphatic rings. The van der Waals surface area contributed by atoms with Crippen molar-refractivity contribution >= 4 is 39.2 Å². The molecule has 0 radical (unpaired) electrons. The molecule has 3 rings (SSSR count). The van der Waals surface area contributed by atoms with Crippen molar-refractivity contribution in [1.29, 1.82) is 0 Å². The first-order valence-corrected chi connectivity index (χ1v) is 10.3. The molecule has 0 unspecified atom stereocenters. The summed E-state index contributed by atoms with van der Waals surface area (Å²) in [6, 6.07) is 9.80. The molecule has 136 valence electrons. The predicted molar refractivity (Wildman–Crippen MR) is 109 cm³/mol. The molecule has 0 fully saturated rings. The van der Waals surface area contributed by atoms with Crippen molar-refractivity contribution in [2.45, 2.75) is 12.2 Å². The lowest BCUT2D eigenvalue weighted by atomic mass is 10.1. The topological polar surface area (TPSA) is 101 Å². The number of carbonyl (C=O) groups excluding carboxylic acids is 1. The number of amides is 1. The van der Waals surface area contributed by atoms with Gasteiger partial charge in [0.2, 0.25) is 5.91 Å². The third kappa shape index (κ3) is 4.51. The zero-order valence-corrected chi connectivity index (χ0v) is 15.8. The van der Waals surface area contributed by atoms with Crippen LogP contribution in [0.4, 0.5) is 0 Å². The summed E-state index contributed by atoms with van der Waals surface area (Å²) in [5.74, 6) is 1.36.